The molecule has 1 spiro atoms. The number of ether oxygens (including phenoxy) is 1. The Labute approximate surface area is 127 Å². The Kier molecular flexibility index (Phi) is 2.50. The molecule has 2 aromatic heterocycles. The topological polar surface area (TPSA) is 51.4 Å². The lowest BCUT2D eigenvalue weighted by atomic mass is 9.87. The average molecular weight is 295 g/mol. The van der Waals surface area contributed by atoms with Crippen molar-refractivity contribution in [1.82, 2.24) is 9.97 Å². The summed E-state index contributed by atoms with van der Waals surface area (Å²) < 4.78 is 11.7. The molecule has 1 unspecified atom stereocenters. The number of furan rings is 1. The maximum atomic E-state index is 6.05. The molecule has 0 aliphatic carbocycles. The molecule has 5 heteroatoms. The van der Waals surface area contributed by atoms with Gasteiger partial charge in [-0.25, -0.2) is 9.97 Å². The first-order valence-corrected chi connectivity index (χ1v) is 7.80. The van der Waals surface area contributed by atoms with Crippen LogP contribution in [0.1, 0.15) is 12.8 Å². The maximum Gasteiger partial charge on any atom is 0.196 e. The van der Waals surface area contributed by atoms with E-state index in [0.29, 0.717) is 5.41 Å². The van der Waals surface area contributed by atoms with Crippen molar-refractivity contribution in [2.45, 2.75) is 12.8 Å². The third-order valence-corrected chi connectivity index (χ3v) is 5.06. The summed E-state index contributed by atoms with van der Waals surface area (Å²) in [6.07, 6.45) is 3.96. The number of anilines is 1. The molecular formula is C17H17N3O2. The fourth-order valence-corrected chi connectivity index (χ4v) is 3.82. The number of rotatable bonds is 1. The molecule has 2 fully saturated rings. The first kappa shape index (κ1) is 12.4. The molecule has 3 aromatic rings. The zero-order valence-corrected chi connectivity index (χ0v) is 12.3. The van der Waals surface area contributed by atoms with Crippen LogP contribution in [0, 0.1) is 5.41 Å². The molecule has 1 atom stereocenters. The predicted octanol–water partition coefficient (Wildman–Crippen LogP) is 2.99. The molecule has 4 heterocycles. The Morgan fingerprint density at radius 2 is 2.09 bits per heavy atom. The maximum absolute atomic E-state index is 6.05. The zero-order chi connectivity index (χ0) is 14.6. The van der Waals surface area contributed by atoms with Gasteiger partial charge in [0.15, 0.2) is 11.4 Å². The summed E-state index contributed by atoms with van der Waals surface area (Å²) >= 11 is 0. The molecule has 0 N–H and O–H groups in total. The molecular weight excluding hydrogens is 278 g/mol. The van der Waals surface area contributed by atoms with Gasteiger partial charge >= 0.3 is 0 Å². The van der Waals surface area contributed by atoms with Gasteiger partial charge in [-0.05, 0) is 25.0 Å². The molecule has 0 saturated carbocycles. The summed E-state index contributed by atoms with van der Waals surface area (Å²) in [5.74, 6) is 0.921. The minimum Gasteiger partial charge on any atom is -0.450 e. The monoisotopic (exact) mass is 295 g/mol. The number of para-hydroxylation sites is 1. The molecule has 0 amide bonds. The van der Waals surface area contributed by atoms with E-state index in [2.05, 4.69) is 14.9 Å². The molecule has 2 aliphatic rings. The summed E-state index contributed by atoms with van der Waals surface area (Å²) in [4.78, 5) is 11.3. The van der Waals surface area contributed by atoms with Crippen molar-refractivity contribution in [3.05, 3.63) is 30.6 Å². The van der Waals surface area contributed by atoms with E-state index in [0.717, 1.165) is 60.6 Å². The van der Waals surface area contributed by atoms with E-state index in [1.54, 1.807) is 6.33 Å². The van der Waals surface area contributed by atoms with Crippen LogP contribution in [-0.2, 0) is 4.74 Å². The minimum absolute atomic E-state index is 0.309. The van der Waals surface area contributed by atoms with Gasteiger partial charge in [-0.3, -0.25) is 0 Å². The van der Waals surface area contributed by atoms with E-state index in [-0.39, 0.29) is 0 Å². The van der Waals surface area contributed by atoms with Crippen LogP contribution in [0.3, 0.4) is 0 Å². The molecule has 5 rings (SSSR count). The van der Waals surface area contributed by atoms with Crippen LogP contribution in [0.4, 0.5) is 5.82 Å². The van der Waals surface area contributed by atoms with E-state index in [9.17, 15) is 0 Å². The van der Waals surface area contributed by atoms with Crippen LogP contribution in [0.25, 0.3) is 22.1 Å². The van der Waals surface area contributed by atoms with E-state index >= 15 is 0 Å². The first-order valence-electron chi connectivity index (χ1n) is 7.80. The molecule has 0 bridgehead atoms. The number of aromatic nitrogens is 2. The van der Waals surface area contributed by atoms with Crippen molar-refractivity contribution in [2.75, 3.05) is 31.2 Å². The third-order valence-electron chi connectivity index (χ3n) is 5.06. The second kappa shape index (κ2) is 4.43. The van der Waals surface area contributed by atoms with Gasteiger partial charge in [0.2, 0.25) is 0 Å². The Morgan fingerprint density at radius 1 is 1.14 bits per heavy atom. The van der Waals surface area contributed by atoms with E-state index < -0.39 is 0 Å². The number of nitrogens with zero attached hydrogens (tertiary/aromatic N) is 3. The highest BCUT2D eigenvalue weighted by Gasteiger charge is 2.42. The summed E-state index contributed by atoms with van der Waals surface area (Å²) in [6, 6.07) is 8.03. The highest BCUT2D eigenvalue weighted by atomic mass is 16.5. The highest BCUT2D eigenvalue weighted by molar-refractivity contribution is 6.05. The first-order chi connectivity index (χ1) is 10.8. The molecule has 5 nitrogen and oxygen atoms in total. The van der Waals surface area contributed by atoms with Gasteiger partial charge < -0.3 is 14.1 Å². The molecule has 112 valence electrons. The van der Waals surface area contributed by atoms with Crippen LogP contribution < -0.4 is 4.90 Å². The third kappa shape index (κ3) is 1.69. The quantitative estimate of drug-likeness (QED) is 0.691. The number of fused-ring (bicyclic) bond motifs is 3. The molecule has 0 radical (unpaired) electrons. The second-order valence-electron chi connectivity index (χ2n) is 6.45. The van der Waals surface area contributed by atoms with Crippen LogP contribution in [0.2, 0.25) is 0 Å². The van der Waals surface area contributed by atoms with Gasteiger partial charge in [-0.15, -0.1) is 0 Å². The number of hydrogen-bond donors (Lipinski definition) is 0. The molecule has 1 aromatic carbocycles. The van der Waals surface area contributed by atoms with Gasteiger partial charge in [0.1, 0.15) is 17.4 Å². The van der Waals surface area contributed by atoms with E-state index in [4.69, 9.17) is 9.15 Å². The van der Waals surface area contributed by atoms with Crippen molar-refractivity contribution >= 4 is 27.9 Å². The Bertz CT molecular complexity index is 851. The van der Waals surface area contributed by atoms with Crippen LogP contribution >= 0.6 is 0 Å². The van der Waals surface area contributed by atoms with Crippen molar-refractivity contribution in [3.63, 3.8) is 0 Å². The second-order valence-corrected chi connectivity index (χ2v) is 6.45. The van der Waals surface area contributed by atoms with Crippen LogP contribution in [0.5, 0.6) is 0 Å². The summed E-state index contributed by atoms with van der Waals surface area (Å²) in [7, 11) is 0. The van der Waals surface area contributed by atoms with Gasteiger partial charge in [0.25, 0.3) is 0 Å². The van der Waals surface area contributed by atoms with Gasteiger partial charge in [0.05, 0.1) is 6.61 Å². The zero-order valence-electron chi connectivity index (χ0n) is 12.3. The minimum atomic E-state index is 0.309. The Balaban J connectivity index is 1.63. The molecule has 2 saturated heterocycles. The van der Waals surface area contributed by atoms with Crippen molar-refractivity contribution in [1.29, 1.82) is 0 Å². The van der Waals surface area contributed by atoms with Gasteiger partial charge in [-0.1, -0.05) is 12.1 Å². The molecule has 2 aliphatic heterocycles. The fraction of sp³-hybridized carbons (Fsp3) is 0.412. The van der Waals surface area contributed by atoms with E-state index in [1.165, 1.54) is 6.42 Å². The highest BCUT2D eigenvalue weighted by Crippen LogP contribution is 2.41. The van der Waals surface area contributed by atoms with Crippen molar-refractivity contribution in [2.24, 2.45) is 5.41 Å². The van der Waals surface area contributed by atoms with E-state index in [1.807, 2.05) is 24.3 Å². The Morgan fingerprint density at radius 3 is 3.00 bits per heavy atom. The van der Waals surface area contributed by atoms with Gasteiger partial charge in [-0.2, -0.15) is 0 Å². The number of hydrogen-bond acceptors (Lipinski definition) is 5. The summed E-state index contributed by atoms with van der Waals surface area (Å²) in [5.41, 5.74) is 2.89. The Hall–Kier alpha value is -2.14. The van der Waals surface area contributed by atoms with Crippen molar-refractivity contribution in [3.8, 4) is 0 Å². The van der Waals surface area contributed by atoms with Crippen LogP contribution in [0.15, 0.2) is 35.0 Å². The van der Waals surface area contributed by atoms with Crippen molar-refractivity contribution < 1.29 is 9.15 Å². The standard InChI is InChI=1S/C17H17N3O2/c1-2-4-13-12(3-1)14-15(22-13)16(19-11-18-14)20-7-5-17(9-20)6-8-21-10-17/h1-4,11H,5-10H2. The summed E-state index contributed by atoms with van der Waals surface area (Å²) in [6.45, 7) is 3.76. The lowest BCUT2D eigenvalue weighted by molar-refractivity contribution is 0.160. The number of benzene rings is 1. The smallest absolute Gasteiger partial charge is 0.196 e. The lowest BCUT2D eigenvalue weighted by Crippen LogP contribution is -2.28. The predicted molar refractivity (Wildman–Crippen MR) is 84.0 cm³/mol. The average Bonchev–Trinajstić information content (AvgIpc) is 3.27. The normalized spacial score (nSPS) is 25.0. The molecule has 22 heavy (non-hydrogen) atoms. The summed E-state index contributed by atoms with van der Waals surface area (Å²) in [5, 5.41) is 1.05. The SMILES string of the molecule is c1ccc2c(c1)oc1c(N3CCC4(CCOC4)C3)ncnc12. The van der Waals surface area contributed by atoms with Crippen LogP contribution in [-0.4, -0.2) is 36.3 Å². The lowest BCUT2D eigenvalue weighted by Gasteiger charge is -2.22. The van der Waals surface area contributed by atoms with Gasteiger partial charge in [0, 0.05) is 30.5 Å². The fourth-order valence-electron chi connectivity index (χ4n) is 3.82. The largest absolute Gasteiger partial charge is 0.450 e.